The van der Waals surface area contributed by atoms with E-state index in [4.69, 9.17) is 0 Å². The smallest absolute Gasteiger partial charge is 0.264 e. The molecule has 10 heteroatoms. The van der Waals surface area contributed by atoms with Crippen molar-refractivity contribution >= 4 is 43.5 Å². The summed E-state index contributed by atoms with van der Waals surface area (Å²) in [4.78, 5) is 28.5. The van der Waals surface area contributed by atoms with Gasteiger partial charge in [-0.05, 0) is 68.7 Å². The highest BCUT2D eigenvalue weighted by atomic mass is 79.9. The maximum Gasteiger partial charge on any atom is 0.264 e. The third-order valence-corrected chi connectivity index (χ3v) is 9.45. The summed E-state index contributed by atoms with van der Waals surface area (Å²) < 4.78 is 44.2. The molecule has 40 heavy (non-hydrogen) atoms. The fourth-order valence-electron chi connectivity index (χ4n) is 4.77. The van der Waals surface area contributed by atoms with Crippen molar-refractivity contribution in [2.24, 2.45) is 0 Å². The minimum atomic E-state index is -4.33. The topological polar surface area (TPSA) is 86.8 Å². The molecule has 0 aliphatic heterocycles. The Morgan fingerprint density at radius 1 is 1.00 bits per heavy atom. The molecule has 0 unspecified atom stereocenters. The standard InChI is InChI=1S/C30H33BrFN3O4S/c1-21-11-17-26(18-12-21)40(38,39)35(28-10-6-5-9-27(28)32)20-29(36)34(19-23-13-15-24(31)16-14-23)22(2)30(37)33-25-7-3-4-8-25/h5-6,9-18,22,25H,3-4,7-8,19-20H2,1-2H3,(H,33,37)/t22-/m0/s1. The number of anilines is 1. The van der Waals surface area contributed by atoms with Gasteiger partial charge in [0.25, 0.3) is 10.0 Å². The summed E-state index contributed by atoms with van der Waals surface area (Å²) in [6.07, 6.45) is 3.84. The van der Waals surface area contributed by atoms with Crippen molar-refractivity contribution in [1.29, 1.82) is 0 Å². The van der Waals surface area contributed by atoms with Gasteiger partial charge in [0, 0.05) is 17.1 Å². The van der Waals surface area contributed by atoms with Crippen molar-refractivity contribution in [2.45, 2.75) is 63.1 Å². The number of nitrogens with zero attached hydrogens (tertiary/aromatic N) is 2. The minimum Gasteiger partial charge on any atom is -0.352 e. The van der Waals surface area contributed by atoms with E-state index in [1.54, 1.807) is 19.1 Å². The number of benzene rings is 3. The maximum absolute atomic E-state index is 15.0. The van der Waals surface area contributed by atoms with Crippen molar-refractivity contribution in [3.63, 3.8) is 0 Å². The van der Waals surface area contributed by atoms with E-state index in [0.717, 1.165) is 51.7 Å². The summed E-state index contributed by atoms with van der Waals surface area (Å²) in [6.45, 7) is 2.84. The Kier molecular flexibility index (Phi) is 9.63. The van der Waals surface area contributed by atoms with E-state index in [0.29, 0.717) is 0 Å². The number of nitrogens with one attached hydrogen (secondary N) is 1. The molecular weight excluding hydrogens is 597 g/mol. The third-order valence-electron chi connectivity index (χ3n) is 7.14. The lowest BCUT2D eigenvalue weighted by atomic mass is 10.1. The number of sulfonamides is 1. The van der Waals surface area contributed by atoms with Crippen LogP contribution in [0.4, 0.5) is 10.1 Å². The second kappa shape index (κ2) is 13.0. The first-order valence-electron chi connectivity index (χ1n) is 13.2. The van der Waals surface area contributed by atoms with Crippen molar-refractivity contribution in [1.82, 2.24) is 10.2 Å². The lowest BCUT2D eigenvalue weighted by Crippen LogP contribution is -2.52. The SMILES string of the molecule is Cc1ccc(S(=O)(=O)N(CC(=O)N(Cc2ccc(Br)cc2)[C@@H](C)C(=O)NC2CCCC2)c2ccccc2F)cc1. The molecule has 0 aromatic heterocycles. The molecule has 0 heterocycles. The number of para-hydroxylation sites is 1. The average molecular weight is 631 g/mol. The van der Waals surface area contributed by atoms with Crippen molar-refractivity contribution in [3.05, 3.63) is 94.2 Å². The lowest BCUT2D eigenvalue weighted by molar-refractivity contribution is -0.139. The van der Waals surface area contributed by atoms with Gasteiger partial charge in [0.15, 0.2) is 0 Å². The summed E-state index contributed by atoms with van der Waals surface area (Å²) in [6, 6.07) is 18.0. The summed E-state index contributed by atoms with van der Waals surface area (Å²) in [5.74, 6) is -1.72. The van der Waals surface area contributed by atoms with E-state index >= 15 is 4.39 Å². The molecule has 212 valence electrons. The van der Waals surface area contributed by atoms with E-state index in [2.05, 4.69) is 21.2 Å². The fourth-order valence-corrected chi connectivity index (χ4v) is 6.45. The molecule has 0 saturated heterocycles. The van der Waals surface area contributed by atoms with E-state index < -0.39 is 34.3 Å². The highest BCUT2D eigenvalue weighted by Crippen LogP contribution is 2.27. The molecule has 0 bridgehead atoms. The zero-order valence-electron chi connectivity index (χ0n) is 22.5. The summed E-state index contributed by atoms with van der Waals surface area (Å²) in [7, 11) is -4.33. The van der Waals surface area contributed by atoms with E-state index in [1.807, 2.05) is 31.2 Å². The van der Waals surface area contributed by atoms with Crippen LogP contribution in [0.25, 0.3) is 0 Å². The molecule has 1 aliphatic carbocycles. The third kappa shape index (κ3) is 7.09. The van der Waals surface area contributed by atoms with Gasteiger partial charge in [0.2, 0.25) is 11.8 Å². The summed E-state index contributed by atoms with van der Waals surface area (Å²) in [5, 5.41) is 3.03. The lowest BCUT2D eigenvalue weighted by Gasteiger charge is -2.32. The van der Waals surface area contributed by atoms with Crippen LogP contribution in [0.5, 0.6) is 0 Å². The quantitative estimate of drug-likeness (QED) is 0.318. The largest absolute Gasteiger partial charge is 0.352 e. The first kappa shape index (κ1) is 29.7. The van der Waals surface area contributed by atoms with Gasteiger partial charge in [0.1, 0.15) is 18.4 Å². The number of carbonyl (C=O) groups is 2. The molecule has 2 amide bonds. The Balaban J connectivity index is 1.69. The summed E-state index contributed by atoms with van der Waals surface area (Å²) >= 11 is 3.40. The van der Waals surface area contributed by atoms with Gasteiger partial charge in [-0.15, -0.1) is 0 Å². The Bertz CT molecular complexity index is 1440. The number of carbonyl (C=O) groups excluding carboxylic acids is 2. The zero-order chi connectivity index (χ0) is 28.9. The molecule has 1 saturated carbocycles. The fraction of sp³-hybridized carbons (Fsp3) is 0.333. The Morgan fingerprint density at radius 2 is 1.62 bits per heavy atom. The van der Waals surface area contributed by atoms with Crippen LogP contribution in [0.3, 0.4) is 0 Å². The van der Waals surface area contributed by atoms with Gasteiger partial charge < -0.3 is 10.2 Å². The van der Waals surface area contributed by atoms with Gasteiger partial charge >= 0.3 is 0 Å². The molecule has 0 spiro atoms. The summed E-state index contributed by atoms with van der Waals surface area (Å²) in [5.41, 5.74) is 1.37. The molecule has 7 nitrogen and oxygen atoms in total. The molecule has 1 fully saturated rings. The van der Waals surface area contributed by atoms with Gasteiger partial charge in [-0.3, -0.25) is 13.9 Å². The van der Waals surface area contributed by atoms with Gasteiger partial charge in [-0.2, -0.15) is 0 Å². The Morgan fingerprint density at radius 3 is 2.25 bits per heavy atom. The van der Waals surface area contributed by atoms with Crippen LogP contribution in [-0.4, -0.2) is 43.8 Å². The van der Waals surface area contributed by atoms with Gasteiger partial charge in [-0.25, -0.2) is 12.8 Å². The second-order valence-corrected chi connectivity index (χ2v) is 12.9. The molecule has 0 radical (unpaired) electrons. The molecule has 3 aromatic carbocycles. The highest BCUT2D eigenvalue weighted by Gasteiger charge is 2.34. The van der Waals surface area contributed by atoms with Crippen LogP contribution in [0.2, 0.25) is 0 Å². The molecule has 1 aliphatic rings. The van der Waals surface area contributed by atoms with Crippen molar-refractivity contribution in [2.75, 3.05) is 10.8 Å². The second-order valence-electron chi connectivity index (χ2n) is 10.1. The number of hydrogen-bond donors (Lipinski definition) is 1. The number of halogens is 2. The minimum absolute atomic E-state index is 0.0522. The van der Waals surface area contributed by atoms with E-state index in [1.165, 1.54) is 35.2 Å². The first-order valence-corrected chi connectivity index (χ1v) is 15.5. The molecule has 3 aromatic rings. The van der Waals surface area contributed by atoms with Crippen molar-refractivity contribution < 1.29 is 22.4 Å². The van der Waals surface area contributed by atoms with Crippen LogP contribution in [-0.2, 0) is 26.2 Å². The normalized spacial score (nSPS) is 14.5. The maximum atomic E-state index is 15.0. The number of rotatable bonds is 10. The number of aryl methyl sites for hydroxylation is 1. The van der Waals surface area contributed by atoms with Crippen molar-refractivity contribution in [3.8, 4) is 0 Å². The zero-order valence-corrected chi connectivity index (χ0v) is 24.9. The monoisotopic (exact) mass is 629 g/mol. The predicted octanol–water partition coefficient (Wildman–Crippen LogP) is 5.57. The average Bonchev–Trinajstić information content (AvgIpc) is 3.44. The van der Waals surface area contributed by atoms with E-state index in [-0.39, 0.29) is 29.1 Å². The molecule has 1 atom stereocenters. The van der Waals surface area contributed by atoms with Gasteiger partial charge in [-0.1, -0.05) is 70.7 Å². The molecule has 4 rings (SSSR count). The number of amides is 2. The Hall–Kier alpha value is -3.24. The number of hydrogen-bond acceptors (Lipinski definition) is 4. The Labute approximate surface area is 243 Å². The molecule has 1 N–H and O–H groups in total. The highest BCUT2D eigenvalue weighted by molar-refractivity contribution is 9.10. The van der Waals surface area contributed by atoms with Crippen LogP contribution in [0.15, 0.2) is 82.2 Å². The van der Waals surface area contributed by atoms with Crippen LogP contribution in [0, 0.1) is 12.7 Å². The van der Waals surface area contributed by atoms with Crippen LogP contribution in [0.1, 0.15) is 43.7 Å². The van der Waals surface area contributed by atoms with Crippen LogP contribution >= 0.6 is 15.9 Å². The predicted molar refractivity (Wildman–Crippen MR) is 157 cm³/mol. The van der Waals surface area contributed by atoms with Gasteiger partial charge in [0.05, 0.1) is 10.6 Å². The van der Waals surface area contributed by atoms with E-state index in [9.17, 15) is 18.0 Å². The van der Waals surface area contributed by atoms with Crippen LogP contribution < -0.4 is 9.62 Å². The molecular formula is C30H33BrFN3O4S. The first-order chi connectivity index (χ1) is 19.1.